The molecule has 1 aliphatic rings. The lowest BCUT2D eigenvalue weighted by Crippen LogP contribution is -2.44. The Morgan fingerprint density at radius 2 is 2.07 bits per heavy atom. The summed E-state index contributed by atoms with van der Waals surface area (Å²) in [6.07, 6.45) is 4.81. The number of hydrogen-bond acceptors (Lipinski definition) is 1. The van der Waals surface area contributed by atoms with Gasteiger partial charge in [0.2, 0.25) is 0 Å². The van der Waals surface area contributed by atoms with Crippen molar-refractivity contribution < 1.29 is 0 Å². The number of hydrogen-bond donors (Lipinski definition) is 1. The third-order valence-corrected chi connectivity index (χ3v) is 3.64. The molecule has 1 aliphatic carbocycles. The van der Waals surface area contributed by atoms with E-state index in [4.69, 9.17) is 5.73 Å². The van der Waals surface area contributed by atoms with Crippen LogP contribution >= 0.6 is 0 Å². The molecule has 0 aliphatic heterocycles. The second kappa shape index (κ2) is 3.74. The summed E-state index contributed by atoms with van der Waals surface area (Å²) in [6.45, 7) is 2.29. The van der Waals surface area contributed by atoms with E-state index in [0.29, 0.717) is 5.92 Å². The number of rotatable bonds is 2. The van der Waals surface area contributed by atoms with Crippen LogP contribution in [0.5, 0.6) is 0 Å². The zero-order chi connectivity index (χ0) is 10.0. The summed E-state index contributed by atoms with van der Waals surface area (Å²) in [4.78, 5) is 0. The van der Waals surface area contributed by atoms with Gasteiger partial charge in [-0.3, -0.25) is 0 Å². The van der Waals surface area contributed by atoms with Gasteiger partial charge in [-0.1, -0.05) is 43.7 Å². The maximum absolute atomic E-state index is 6.43. The summed E-state index contributed by atoms with van der Waals surface area (Å²) in [5.74, 6) is 0.669. The Kier molecular flexibility index (Phi) is 2.60. The second-order valence-electron chi connectivity index (χ2n) is 4.69. The minimum Gasteiger partial charge on any atom is -0.325 e. The molecule has 1 aromatic rings. The summed E-state index contributed by atoms with van der Waals surface area (Å²) in [7, 11) is 0. The molecule has 0 spiro atoms. The van der Waals surface area contributed by atoms with Gasteiger partial charge in [-0.2, -0.15) is 0 Å². The van der Waals surface area contributed by atoms with Gasteiger partial charge in [-0.25, -0.2) is 0 Å². The van der Waals surface area contributed by atoms with E-state index in [1.54, 1.807) is 0 Å². The largest absolute Gasteiger partial charge is 0.325 e. The number of benzene rings is 1. The standard InChI is InChI=1S/C13H19N/c1-11-6-5-9-13(11,14)10-12-7-3-2-4-8-12/h2-4,7-8,11H,5-6,9-10,14H2,1H3. The second-order valence-corrected chi connectivity index (χ2v) is 4.69. The molecule has 1 fully saturated rings. The van der Waals surface area contributed by atoms with E-state index in [1.165, 1.54) is 24.8 Å². The van der Waals surface area contributed by atoms with Crippen LogP contribution in [0.15, 0.2) is 30.3 Å². The van der Waals surface area contributed by atoms with Gasteiger partial charge in [0, 0.05) is 5.54 Å². The monoisotopic (exact) mass is 189 g/mol. The fraction of sp³-hybridized carbons (Fsp3) is 0.538. The van der Waals surface area contributed by atoms with Crippen LogP contribution in [0, 0.1) is 5.92 Å². The van der Waals surface area contributed by atoms with Gasteiger partial charge in [-0.15, -0.1) is 0 Å². The Labute approximate surface area is 86.3 Å². The molecule has 1 saturated carbocycles. The Morgan fingerprint density at radius 3 is 2.64 bits per heavy atom. The molecule has 0 bridgehead atoms. The van der Waals surface area contributed by atoms with Gasteiger partial charge < -0.3 is 5.73 Å². The summed E-state index contributed by atoms with van der Waals surface area (Å²) in [6, 6.07) is 10.6. The van der Waals surface area contributed by atoms with Crippen LogP contribution in [-0.2, 0) is 6.42 Å². The molecule has 1 nitrogen and oxygen atoms in total. The van der Waals surface area contributed by atoms with E-state index in [9.17, 15) is 0 Å². The lowest BCUT2D eigenvalue weighted by Gasteiger charge is -2.29. The molecule has 1 heteroatoms. The third-order valence-electron chi connectivity index (χ3n) is 3.64. The van der Waals surface area contributed by atoms with E-state index in [0.717, 1.165) is 6.42 Å². The Hall–Kier alpha value is -0.820. The van der Waals surface area contributed by atoms with Gasteiger partial charge >= 0.3 is 0 Å². The Bertz CT molecular complexity index is 293. The minimum absolute atomic E-state index is 0.0569. The average molecular weight is 189 g/mol. The highest BCUT2D eigenvalue weighted by molar-refractivity contribution is 5.18. The molecule has 2 atom stereocenters. The van der Waals surface area contributed by atoms with Crippen molar-refractivity contribution in [3.05, 3.63) is 35.9 Å². The normalized spacial score (nSPS) is 32.0. The minimum atomic E-state index is 0.0569. The quantitative estimate of drug-likeness (QED) is 0.760. The summed E-state index contributed by atoms with van der Waals surface area (Å²) < 4.78 is 0. The number of nitrogens with two attached hydrogens (primary N) is 1. The smallest absolute Gasteiger partial charge is 0.0221 e. The van der Waals surface area contributed by atoms with Crippen LogP contribution in [-0.4, -0.2) is 5.54 Å². The van der Waals surface area contributed by atoms with Crippen molar-refractivity contribution in [1.29, 1.82) is 0 Å². The zero-order valence-electron chi connectivity index (χ0n) is 8.87. The molecule has 0 aromatic heterocycles. The Morgan fingerprint density at radius 1 is 1.36 bits per heavy atom. The molecule has 76 valence electrons. The van der Waals surface area contributed by atoms with Crippen molar-refractivity contribution in [3.63, 3.8) is 0 Å². The molecule has 1 aromatic carbocycles. The first-order valence-electron chi connectivity index (χ1n) is 5.53. The highest BCUT2D eigenvalue weighted by Gasteiger charge is 2.36. The van der Waals surface area contributed by atoms with Gasteiger partial charge in [0.05, 0.1) is 0 Å². The molecule has 14 heavy (non-hydrogen) atoms. The fourth-order valence-corrected chi connectivity index (χ4v) is 2.51. The van der Waals surface area contributed by atoms with E-state index < -0.39 is 0 Å². The van der Waals surface area contributed by atoms with Crippen molar-refractivity contribution >= 4 is 0 Å². The lowest BCUT2D eigenvalue weighted by molar-refractivity contribution is 0.336. The van der Waals surface area contributed by atoms with Gasteiger partial charge in [-0.05, 0) is 30.7 Å². The first kappa shape index (κ1) is 9.72. The van der Waals surface area contributed by atoms with Crippen molar-refractivity contribution in [2.45, 2.75) is 38.1 Å². The Balaban J connectivity index is 2.10. The average Bonchev–Trinajstić information content (AvgIpc) is 2.48. The van der Waals surface area contributed by atoms with Crippen LogP contribution in [0.3, 0.4) is 0 Å². The van der Waals surface area contributed by atoms with Crippen LogP contribution in [0.25, 0.3) is 0 Å². The van der Waals surface area contributed by atoms with Gasteiger partial charge in [0.1, 0.15) is 0 Å². The lowest BCUT2D eigenvalue weighted by atomic mass is 9.83. The maximum Gasteiger partial charge on any atom is 0.0221 e. The summed E-state index contributed by atoms with van der Waals surface area (Å²) in [5.41, 5.74) is 7.87. The van der Waals surface area contributed by atoms with E-state index in [-0.39, 0.29) is 5.54 Å². The summed E-state index contributed by atoms with van der Waals surface area (Å²) in [5, 5.41) is 0. The van der Waals surface area contributed by atoms with Crippen molar-refractivity contribution in [1.82, 2.24) is 0 Å². The predicted octanol–water partition coefficient (Wildman–Crippen LogP) is 2.75. The molecule has 2 unspecified atom stereocenters. The summed E-state index contributed by atoms with van der Waals surface area (Å²) >= 11 is 0. The molecular weight excluding hydrogens is 170 g/mol. The van der Waals surface area contributed by atoms with E-state index in [1.807, 2.05) is 0 Å². The third kappa shape index (κ3) is 1.83. The molecular formula is C13H19N. The molecule has 0 amide bonds. The highest BCUT2D eigenvalue weighted by atomic mass is 14.8. The van der Waals surface area contributed by atoms with Crippen molar-refractivity contribution in [2.24, 2.45) is 11.7 Å². The maximum atomic E-state index is 6.43. The van der Waals surface area contributed by atoms with Crippen LogP contribution < -0.4 is 5.73 Å². The molecule has 0 saturated heterocycles. The van der Waals surface area contributed by atoms with Crippen LogP contribution in [0.4, 0.5) is 0 Å². The highest BCUT2D eigenvalue weighted by Crippen LogP contribution is 2.35. The molecule has 0 heterocycles. The van der Waals surface area contributed by atoms with Gasteiger partial charge in [0.15, 0.2) is 0 Å². The molecule has 2 N–H and O–H groups in total. The first-order chi connectivity index (χ1) is 6.71. The van der Waals surface area contributed by atoms with Crippen LogP contribution in [0.2, 0.25) is 0 Å². The molecule has 0 radical (unpaired) electrons. The SMILES string of the molecule is CC1CCCC1(N)Cc1ccccc1. The van der Waals surface area contributed by atoms with E-state index in [2.05, 4.69) is 37.3 Å². The fourth-order valence-electron chi connectivity index (χ4n) is 2.51. The van der Waals surface area contributed by atoms with Crippen LogP contribution in [0.1, 0.15) is 31.7 Å². The van der Waals surface area contributed by atoms with Crippen molar-refractivity contribution in [3.8, 4) is 0 Å². The van der Waals surface area contributed by atoms with E-state index >= 15 is 0 Å². The topological polar surface area (TPSA) is 26.0 Å². The zero-order valence-corrected chi connectivity index (χ0v) is 8.87. The van der Waals surface area contributed by atoms with Crippen molar-refractivity contribution in [2.75, 3.05) is 0 Å². The first-order valence-corrected chi connectivity index (χ1v) is 5.53. The van der Waals surface area contributed by atoms with Gasteiger partial charge in [0.25, 0.3) is 0 Å². The molecule has 2 rings (SSSR count). The predicted molar refractivity (Wildman–Crippen MR) is 60.1 cm³/mol.